The Morgan fingerprint density at radius 1 is 0.583 bits per heavy atom. The van der Waals surface area contributed by atoms with Gasteiger partial charge in [0.25, 0.3) is 0 Å². The van der Waals surface area contributed by atoms with E-state index in [1.807, 2.05) is 0 Å². The van der Waals surface area contributed by atoms with E-state index < -0.39 is 23.5 Å². The first-order chi connectivity index (χ1) is 11.4. The molecule has 6 heteroatoms. The van der Waals surface area contributed by atoms with Crippen LogP contribution < -0.4 is 9.47 Å². The van der Waals surface area contributed by atoms with Gasteiger partial charge in [-0.05, 0) is 48.5 Å². The maximum absolute atomic E-state index is 12.2. The predicted molar refractivity (Wildman–Crippen MR) is 84.2 cm³/mol. The lowest BCUT2D eigenvalue weighted by molar-refractivity contribution is -0.132. The summed E-state index contributed by atoms with van der Waals surface area (Å²) < 4.78 is 9.72. The van der Waals surface area contributed by atoms with Crippen molar-refractivity contribution < 1.29 is 28.7 Å². The first-order valence-corrected chi connectivity index (χ1v) is 7.03. The van der Waals surface area contributed by atoms with E-state index in [2.05, 4.69) is 0 Å². The summed E-state index contributed by atoms with van der Waals surface area (Å²) in [6, 6.07) is 11.4. The summed E-state index contributed by atoms with van der Waals surface area (Å²) in [4.78, 5) is 46.1. The molecule has 0 aromatic heterocycles. The van der Waals surface area contributed by atoms with Crippen LogP contribution in [-0.4, -0.2) is 23.5 Å². The summed E-state index contributed by atoms with van der Waals surface area (Å²) in [5, 5.41) is 0. The molecular weight excluding hydrogens is 312 g/mol. The lowest BCUT2D eigenvalue weighted by Crippen LogP contribution is -2.14. The summed E-state index contributed by atoms with van der Waals surface area (Å²) in [5.74, 6) is -1.75. The zero-order chi connectivity index (χ0) is 17.7. The Kier molecular flexibility index (Phi) is 5.21. The van der Waals surface area contributed by atoms with Gasteiger partial charge in [0.05, 0.1) is 0 Å². The molecule has 0 fully saturated rings. The average molecular weight is 326 g/mol. The van der Waals surface area contributed by atoms with E-state index in [1.165, 1.54) is 62.4 Å². The van der Waals surface area contributed by atoms with Crippen LogP contribution >= 0.6 is 0 Å². The van der Waals surface area contributed by atoms with Crippen LogP contribution in [0.1, 0.15) is 34.6 Å². The number of hydrogen-bond donors (Lipinski definition) is 0. The number of hydrogen-bond acceptors (Lipinski definition) is 6. The van der Waals surface area contributed by atoms with Crippen molar-refractivity contribution in [3.63, 3.8) is 0 Å². The summed E-state index contributed by atoms with van der Waals surface area (Å²) in [7, 11) is 0. The second-order valence-electron chi connectivity index (χ2n) is 4.89. The fourth-order valence-corrected chi connectivity index (χ4v) is 1.94. The molecule has 0 bridgehead atoms. The Labute approximate surface area is 138 Å². The average Bonchev–Trinajstić information content (AvgIpc) is 2.54. The van der Waals surface area contributed by atoms with Crippen LogP contribution in [0.3, 0.4) is 0 Å². The van der Waals surface area contributed by atoms with Crippen LogP contribution in [0.25, 0.3) is 0 Å². The molecule has 0 amide bonds. The third-order valence-corrected chi connectivity index (χ3v) is 2.96. The molecule has 0 heterocycles. The molecule has 0 spiro atoms. The van der Waals surface area contributed by atoms with Crippen molar-refractivity contribution in [1.82, 2.24) is 0 Å². The number of carbonyl (C=O) groups excluding carboxylic acids is 4. The zero-order valence-electron chi connectivity index (χ0n) is 13.1. The smallest absolute Gasteiger partial charge is 0.308 e. The van der Waals surface area contributed by atoms with E-state index in [4.69, 9.17) is 9.47 Å². The quantitative estimate of drug-likeness (QED) is 0.363. The van der Waals surface area contributed by atoms with Gasteiger partial charge in [-0.2, -0.15) is 0 Å². The van der Waals surface area contributed by atoms with Gasteiger partial charge in [-0.15, -0.1) is 0 Å². The standard InChI is InChI=1S/C18H14O6/c1-11(19)23-15-7-3-13(4-8-15)17(21)18(22)14-5-9-16(10-6-14)24-12(2)20/h3-10H,1-2H3. The highest BCUT2D eigenvalue weighted by molar-refractivity contribution is 6.49. The molecule has 0 aliphatic carbocycles. The van der Waals surface area contributed by atoms with E-state index in [0.717, 1.165) is 0 Å². The van der Waals surface area contributed by atoms with Crippen LogP contribution in [0, 0.1) is 0 Å². The molecule has 0 aliphatic rings. The highest BCUT2D eigenvalue weighted by atomic mass is 16.5. The number of Topliss-reactive ketones (excluding diaryl/α,β-unsaturated/α-hetero) is 2. The van der Waals surface area contributed by atoms with Crippen molar-refractivity contribution >= 4 is 23.5 Å². The maximum Gasteiger partial charge on any atom is 0.308 e. The Morgan fingerprint density at radius 2 is 0.875 bits per heavy atom. The minimum Gasteiger partial charge on any atom is -0.427 e. The molecule has 0 aliphatic heterocycles. The molecule has 0 radical (unpaired) electrons. The van der Waals surface area contributed by atoms with Crippen LogP contribution in [0.2, 0.25) is 0 Å². The van der Waals surface area contributed by atoms with E-state index in [-0.39, 0.29) is 22.6 Å². The Balaban J connectivity index is 2.12. The van der Waals surface area contributed by atoms with E-state index in [9.17, 15) is 19.2 Å². The second kappa shape index (κ2) is 7.32. The van der Waals surface area contributed by atoms with Crippen LogP contribution in [-0.2, 0) is 9.59 Å². The van der Waals surface area contributed by atoms with Crippen LogP contribution in [0.5, 0.6) is 11.5 Å². The van der Waals surface area contributed by atoms with Crippen molar-refractivity contribution in [3.05, 3.63) is 59.7 Å². The molecule has 24 heavy (non-hydrogen) atoms. The topological polar surface area (TPSA) is 86.7 Å². The van der Waals surface area contributed by atoms with Crippen molar-refractivity contribution in [2.24, 2.45) is 0 Å². The highest BCUT2D eigenvalue weighted by Crippen LogP contribution is 2.17. The Bertz CT molecular complexity index is 718. The number of rotatable bonds is 5. The number of esters is 2. The minimum atomic E-state index is -0.690. The SMILES string of the molecule is CC(=O)Oc1ccc(C(=O)C(=O)c2ccc(OC(C)=O)cc2)cc1. The fraction of sp³-hybridized carbons (Fsp3) is 0.111. The minimum absolute atomic E-state index is 0.181. The first-order valence-electron chi connectivity index (χ1n) is 7.03. The van der Waals surface area contributed by atoms with Gasteiger partial charge in [-0.25, -0.2) is 0 Å². The largest absolute Gasteiger partial charge is 0.427 e. The molecule has 0 saturated carbocycles. The monoisotopic (exact) mass is 326 g/mol. The molecule has 2 aromatic carbocycles. The lowest BCUT2D eigenvalue weighted by Gasteiger charge is -2.05. The number of benzene rings is 2. The van der Waals surface area contributed by atoms with Crippen molar-refractivity contribution in [3.8, 4) is 11.5 Å². The maximum atomic E-state index is 12.2. The van der Waals surface area contributed by atoms with E-state index in [1.54, 1.807) is 0 Å². The van der Waals surface area contributed by atoms with Gasteiger partial charge >= 0.3 is 11.9 Å². The van der Waals surface area contributed by atoms with E-state index >= 15 is 0 Å². The normalized spacial score (nSPS) is 9.92. The molecule has 122 valence electrons. The molecule has 2 rings (SSSR count). The highest BCUT2D eigenvalue weighted by Gasteiger charge is 2.18. The summed E-state index contributed by atoms with van der Waals surface area (Å²) in [5.41, 5.74) is 0.361. The Morgan fingerprint density at radius 3 is 1.12 bits per heavy atom. The van der Waals surface area contributed by atoms with Gasteiger partial charge in [-0.1, -0.05) is 0 Å². The molecule has 0 atom stereocenters. The number of ketones is 2. The van der Waals surface area contributed by atoms with Gasteiger partial charge < -0.3 is 9.47 Å². The predicted octanol–water partition coefficient (Wildman–Crippen LogP) is 2.60. The second-order valence-corrected chi connectivity index (χ2v) is 4.89. The first kappa shape index (κ1) is 17.1. The molecule has 0 N–H and O–H groups in total. The summed E-state index contributed by atoms with van der Waals surface area (Å²) in [6.07, 6.45) is 0. The molecule has 0 saturated heterocycles. The lowest BCUT2D eigenvalue weighted by atomic mass is 10.0. The number of ether oxygens (including phenoxy) is 2. The molecule has 0 unspecified atom stereocenters. The molecular formula is C18H14O6. The fourth-order valence-electron chi connectivity index (χ4n) is 1.94. The van der Waals surface area contributed by atoms with Crippen LogP contribution in [0.15, 0.2) is 48.5 Å². The number of carbonyl (C=O) groups is 4. The zero-order valence-corrected chi connectivity index (χ0v) is 13.1. The van der Waals surface area contributed by atoms with Gasteiger partial charge in [0, 0.05) is 25.0 Å². The van der Waals surface area contributed by atoms with Gasteiger partial charge in [-0.3, -0.25) is 19.2 Å². The van der Waals surface area contributed by atoms with Gasteiger partial charge in [0.2, 0.25) is 11.6 Å². The molecule has 2 aromatic rings. The van der Waals surface area contributed by atoms with Gasteiger partial charge in [0.15, 0.2) is 0 Å². The van der Waals surface area contributed by atoms with Crippen LogP contribution in [0.4, 0.5) is 0 Å². The van der Waals surface area contributed by atoms with Crippen molar-refractivity contribution in [2.45, 2.75) is 13.8 Å². The third kappa shape index (κ3) is 4.36. The molecule has 6 nitrogen and oxygen atoms in total. The van der Waals surface area contributed by atoms with Crippen molar-refractivity contribution in [1.29, 1.82) is 0 Å². The van der Waals surface area contributed by atoms with Gasteiger partial charge in [0.1, 0.15) is 11.5 Å². The van der Waals surface area contributed by atoms with E-state index in [0.29, 0.717) is 0 Å². The van der Waals surface area contributed by atoms with Crippen molar-refractivity contribution in [2.75, 3.05) is 0 Å². The summed E-state index contributed by atoms with van der Waals surface area (Å²) in [6.45, 7) is 2.53. The summed E-state index contributed by atoms with van der Waals surface area (Å²) >= 11 is 0. The Hall–Kier alpha value is -3.28. The third-order valence-electron chi connectivity index (χ3n) is 2.96.